The minimum atomic E-state index is -3.94. The van der Waals surface area contributed by atoms with E-state index in [1.807, 2.05) is 19.1 Å². The van der Waals surface area contributed by atoms with Gasteiger partial charge in [0.15, 0.2) is 0 Å². The average Bonchev–Trinajstić information content (AvgIpc) is 3.19. The molecule has 2 heterocycles. The van der Waals surface area contributed by atoms with Crippen molar-refractivity contribution in [3.8, 4) is 17.6 Å². The van der Waals surface area contributed by atoms with Gasteiger partial charge < -0.3 is 14.7 Å². The van der Waals surface area contributed by atoms with Crippen molar-refractivity contribution >= 4 is 16.1 Å². The lowest BCUT2D eigenvalue weighted by Gasteiger charge is -2.41. The second-order valence-electron chi connectivity index (χ2n) is 10.7. The highest BCUT2D eigenvalue weighted by atomic mass is 32.2. The molecule has 3 aromatic carbocycles. The van der Waals surface area contributed by atoms with Gasteiger partial charge in [0.1, 0.15) is 17.6 Å². The minimum absolute atomic E-state index is 0.0735. The van der Waals surface area contributed by atoms with Crippen molar-refractivity contribution < 1.29 is 23.1 Å². The standard InChI is InChI=1S/C31H34N4O5S/c1-22-4-16-29(17-5-22)41(38,39)33-31(37)34-20-25-10-11-26(21-34)35(25)18-2-3-30(24-8-6-23(19-32)7-9-24)40-28-14-12-27(36)13-15-28/h4-9,12-17,25-26,30,36H,2-3,10-11,18,20-21H2,1H3,(H,33,37). The Hall–Kier alpha value is -4.07. The number of likely N-dealkylation sites (tertiary alicyclic amines) is 1. The van der Waals surface area contributed by atoms with Crippen molar-refractivity contribution in [3.05, 3.63) is 89.5 Å². The molecule has 2 saturated heterocycles. The summed E-state index contributed by atoms with van der Waals surface area (Å²) in [7, 11) is -3.94. The van der Waals surface area contributed by atoms with Gasteiger partial charge >= 0.3 is 6.03 Å². The van der Waals surface area contributed by atoms with E-state index in [-0.39, 0.29) is 28.8 Å². The van der Waals surface area contributed by atoms with E-state index in [4.69, 9.17) is 4.74 Å². The Bertz CT molecular complexity index is 1490. The molecule has 2 aliphatic rings. The highest BCUT2D eigenvalue weighted by Crippen LogP contribution is 2.32. The van der Waals surface area contributed by atoms with Crippen LogP contribution in [0, 0.1) is 18.3 Å². The first-order valence-electron chi connectivity index (χ1n) is 13.8. The lowest BCUT2D eigenvalue weighted by Crippen LogP contribution is -2.57. The van der Waals surface area contributed by atoms with Gasteiger partial charge in [0.2, 0.25) is 0 Å². The van der Waals surface area contributed by atoms with Gasteiger partial charge in [-0.2, -0.15) is 5.26 Å². The first kappa shape index (κ1) is 28.5. The number of hydrogen-bond acceptors (Lipinski definition) is 7. The van der Waals surface area contributed by atoms with E-state index in [1.165, 1.54) is 12.1 Å². The maximum atomic E-state index is 12.9. The van der Waals surface area contributed by atoms with Gasteiger partial charge in [0.25, 0.3) is 10.0 Å². The Morgan fingerprint density at radius 1 is 1.02 bits per heavy atom. The fraction of sp³-hybridized carbons (Fsp3) is 0.355. The normalized spacial score (nSPS) is 19.4. The molecule has 2 bridgehead atoms. The second kappa shape index (κ2) is 12.2. The number of nitrogens with zero attached hydrogens (tertiary/aromatic N) is 3. The largest absolute Gasteiger partial charge is 0.508 e. The summed E-state index contributed by atoms with van der Waals surface area (Å²) in [5, 5.41) is 18.8. The van der Waals surface area contributed by atoms with Gasteiger partial charge in [0.05, 0.1) is 16.5 Å². The molecule has 10 heteroatoms. The zero-order valence-electron chi connectivity index (χ0n) is 22.9. The molecule has 0 spiro atoms. The first-order chi connectivity index (χ1) is 19.7. The van der Waals surface area contributed by atoms with Crippen molar-refractivity contribution in [2.75, 3.05) is 19.6 Å². The van der Waals surface area contributed by atoms with Crippen molar-refractivity contribution in [2.24, 2.45) is 0 Å². The Morgan fingerprint density at radius 3 is 2.27 bits per heavy atom. The molecule has 2 amide bonds. The molecule has 5 rings (SSSR count). The number of phenols is 1. The van der Waals surface area contributed by atoms with E-state index in [1.54, 1.807) is 53.4 Å². The van der Waals surface area contributed by atoms with Crippen LogP contribution in [0.1, 0.15) is 48.5 Å². The third-order valence-corrected chi connectivity index (χ3v) is 9.22. The molecule has 3 unspecified atom stereocenters. The van der Waals surface area contributed by atoms with Crippen LogP contribution in [0.5, 0.6) is 11.5 Å². The van der Waals surface area contributed by atoms with Crippen LogP contribution in [0.2, 0.25) is 0 Å². The molecular weight excluding hydrogens is 540 g/mol. The van der Waals surface area contributed by atoms with Crippen molar-refractivity contribution in [1.82, 2.24) is 14.5 Å². The number of ether oxygens (including phenoxy) is 1. The number of nitriles is 1. The Morgan fingerprint density at radius 2 is 1.66 bits per heavy atom. The minimum Gasteiger partial charge on any atom is -0.508 e. The van der Waals surface area contributed by atoms with Crippen LogP contribution >= 0.6 is 0 Å². The summed E-state index contributed by atoms with van der Waals surface area (Å²) in [6.07, 6.45) is 3.28. The monoisotopic (exact) mass is 574 g/mol. The van der Waals surface area contributed by atoms with E-state index in [9.17, 15) is 23.6 Å². The zero-order valence-corrected chi connectivity index (χ0v) is 23.8. The summed E-state index contributed by atoms with van der Waals surface area (Å²) >= 11 is 0. The van der Waals surface area contributed by atoms with Crippen molar-refractivity contribution in [2.45, 2.75) is 55.7 Å². The number of rotatable bonds is 9. The third kappa shape index (κ3) is 6.81. The predicted molar refractivity (Wildman–Crippen MR) is 154 cm³/mol. The van der Waals surface area contributed by atoms with Gasteiger partial charge in [0, 0.05) is 25.2 Å². The highest BCUT2D eigenvalue weighted by Gasteiger charge is 2.41. The quantitative estimate of drug-likeness (QED) is 0.379. The molecule has 0 radical (unpaired) electrons. The number of urea groups is 1. The van der Waals surface area contributed by atoms with Gasteiger partial charge in [-0.3, -0.25) is 4.90 Å². The van der Waals surface area contributed by atoms with Crippen LogP contribution in [0.25, 0.3) is 0 Å². The van der Waals surface area contributed by atoms with E-state index in [2.05, 4.69) is 15.7 Å². The average molecular weight is 575 g/mol. The molecule has 2 aliphatic heterocycles. The van der Waals surface area contributed by atoms with Gasteiger partial charge in [-0.15, -0.1) is 0 Å². The van der Waals surface area contributed by atoms with E-state index < -0.39 is 16.1 Å². The topological polar surface area (TPSA) is 123 Å². The number of fused-ring (bicyclic) bond motifs is 2. The maximum Gasteiger partial charge on any atom is 0.331 e. The lowest BCUT2D eigenvalue weighted by atomic mass is 10.0. The van der Waals surface area contributed by atoms with Crippen LogP contribution < -0.4 is 9.46 Å². The SMILES string of the molecule is Cc1ccc(S(=O)(=O)NC(=O)N2CC3CCC(C2)N3CCCC(Oc2ccc(O)cc2)c2ccc(C#N)cc2)cc1. The van der Waals surface area contributed by atoms with Crippen LogP contribution in [-0.2, 0) is 10.0 Å². The number of benzene rings is 3. The number of carbonyl (C=O) groups excluding carboxylic acids is 1. The molecule has 2 fully saturated rings. The maximum absolute atomic E-state index is 12.9. The fourth-order valence-corrected chi connectivity index (χ4v) is 6.66. The van der Waals surface area contributed by atoms with E-state index >= 15 is 0 Å². The summed E-state index contributed by atoms with van der Waals surface area (Å²) in [6, 6.07) is 22.4. The predicted octanol–water partition coefficient (Wildman–Crippen LogP) is 4.72. The van der Waals surface area contributed by atoms with Crippen LogP contribution in [0.4, 0.5) is 4.79 Å². The molecule has 214 valence electrons. The van der Waals surface area contributed by atoms with Gasteiger partial charge in [-0.1, -0.05) is 29.8 Å². The first-order valence-corrected chi connectivity index (χ1v) is 15.3. The summed E-state index contributed by atoms with van der Waals surface area (Å²) in [5.74, 6) is 0.820. The molecule has 2 N–H and O–H groups in total. The number of aryl methyl sites for hydroxylation is 1. The Labute approximate surface area is 241 Å². The summed E-state index contributed by atoms with van der Waals surface area (Å²) in [5.41, 5.74) is 2.50. The zero-order chi connectivity index (χ0) is 29.0. The summed E-state index contributed by atoms with van der Waals surface area (Å²) in [6.45, 7) is 3.67. The number of amides is 2. The number of nitrogens with one attached hydrogen (secondary N) is 1. The smallest absolute Gasteiger partial charge is 0.331 e. The van der Waals surface area contributed by atoms with Crippen molar-refractivity contribution in [1.29, 1.82) is 5.26 Å². The number of aromatic hydroxyl groups is 1. The van der Waals surface area contributed by atoms with E-state index in [0.717, 1.165) is 43.4 Å². The van der Waals surface area contributed by atoms with Crippen LogP contribution in [0.15, 0.2) is 77.7 Å². The van der Waals surface area contributed by atoms with Gasteiger partial charge in [-0.25, -0.2) is 17.9 Å². The highest BCUT2D eigenvalue weighted by molar-refractivity contribution is 7.90. The van der Waals surface area contributed by atoms with Crippen LogP contribution in [-0.4, -0.2) is 61.1 Å². The number of piperazine rings is 1. The molecule has 0 saturated carbocycles. The van der Waals surface area contributed by atoms with Crippen LogP contribution in [0.3, 0.4) is 0 Å². The summed E-state index contributed by atoms with van der Waals surface area (Å²) < 4.78 is 34.0. The third-order valence-electron chi connectivity index (χ3n) is 7.88. The number of carbonyl (C=O) groups is 1. The second-order valence-corrected chi connectivity index (χ2v) is 12.4. The molecular formula is C31H34N4O5S. The molecule has 3 atom stereocenters. The molecule has 3 aromatic rings. The molecule has 9 nitrogen and oxygen atoms in total. The van der Waals surface area contributed by atoms with Gasteiger partial charge in [-0.05, 0) is 93.2 Å². The van der Waals surface area contributed by atoms with Crippen molar-refractivity contribution in [3.63, 3.8) is 0 Å². The number of sulfonamides is 1. The molecule has 0 aromatic heterocycles. The number of hydrogen-bond donors (Lipinski definition) is 2. The molecule has 0 aliphatic carbocycles. The molecule has 41 heavy (non-hydrogen) atoms. The Balaban J connectivity index is 1.19. The lowest BCUT2D eigenvalue weighted by molar-refractivity contribution is 0.0790. The fourth-order valence-electron chi connectivity index (χ4n) is 5.69. The number of phenolic OH excluding ortho intramolecular Hbond substituents is 1. The summed E-state index contributed by atoms with van der Waals surface area (Å²) in [4.78, 5) is 17.1. The van der Waals surface area contributed by atoms with E-state index in [0.29, 0.717) is 24.4 Å². The Kier molecular flexibility index (Phi) is 8.47.